The van der Waals surface area contributed by atoms with E-state index in [2.05, 4.69) is 0 Å². The van der Waals surface area contributed by atoms with Gasteiger partial charge in [0.15, 0.2) is 0 Å². The normalized spacial score (nSPS) is 11.5. The molecule has 0 atom stereocenters. The Morgan fingerprint density at radius 3 is 2.37 bits per heavy atom. The number of carboxylic acids is 2. The summed E-state index contributed by atoms with van der Waals surface area (Å²) in [5, 5.41) is 17.2. The summed E-state index contributed by atoms with van der Waals surface area (Å²) in [5.41, 5.74) is 0.331. The lowest BCUT2D eigenvalue weighted by atomic mass is 10.2. The van der Waals surface area contributed by atoms with Crippen molar-refractivity contribution >= 4 is 22.0 Å². The molecule has 0 saturated heterocycles. The highest BCUT2D eigenvalue weighted by atomic mass is 32.2. The van der Waals surface area contributed by atoms with Crippen LogP contribution in [0, 0.1) is 0 Å². The molecule has 1 aromatic rings. The number of carbonyl (C=O) groups is 2. The summed E-state index contributed by atoms with van der Waals surface area (Å²) in [4.78, 5) is 21.0. The van der Waals surface area contributed by atoms with Gasteiger partial charge in [0, 0.05) is 7.05 Å². The zero-order valence-electron chi connectivity index (χ0n) is 10.1. The average molecular weight is 287 g/mol. The van der Waals surface area contributed by atoms with Gasteiger partial charge in [-0.15, -0.1) is 0 Å². The molecule has 2 N–H and O–H groups in total. The van der Waals surface area contributed by atoms with Gasteiger partial charge in [0.25, 0.3) is 0 Å². The number of aliphatic carboxylic acids is 2. The van der Waals surface area contributed by atoms with Crippen LogP contribution in [0.15, 0.2) is 29.2 Å². The molecule has 0 fully saturated rings. The maximum absolute atomic E-state index is 12.0. The van der Waals surface area contributed by atoms with Crippen LogP contribution in [0.25, 0.3) is 0 Å². The molecule has 0 bridgehead atoms. The minimum atomic E-state index is -3.93. The third-order valence-corrected chi connectivity index (χ3v) is 4.12. The molecular formula is C11H13NO6S. The van der Waals surface area contributed by atoms with Crippen molar-refractivity contribution in [3.8, 4) is 0 Å². The summed E-state index contributed by atoms with van der Waals surface area (Å²) in [5.74, 6) is -2.35. The highest BCUT2D eigenvalue weighted by molar-refractivity contribution is 7.89. The van der Waals surface area contributed by atoms with Crippen LogP contribution in [-0.4, -0.2) is 48.5 Å². The van der Waals surface area contributed by atoms with Crippen molar-refractivity contribution in [1.82, 2.24) is 4.31 Å². The lowest BCUT2D eigenvalue weighted by Crippen LogP contribution is -2.32. The monoisotopic (exact) mass is 287 g/mol. The fourth-order valence-corrected chi connectivity index (χ4v) is 2.64. The lowest BCUT2D eigenvalue weighted by Gasteiger charge is -2.15. The van der Waals surface area contributed by atoms with E-state index in [0.717, 1.165) is 7.05 Å². The molecule has 0 aliphatic heterocycles. The van der Waals surface area contributed by atoms with Gasteiger partial charge in [0.2, 0.25) is 10.0 Å². The summed E-state index contributed by atoms with van der Waals surface area (Å²) in [6.45, 7) is -0.661. The van der Waals surface area contributed by atoms with E-state index >= 15 is 0 Å². The van der Waals surface area contributed by atoms with Gasteiger partial charge in [0.05, 0.1) is 11.3 Å². The maximum atomic E-state index is 12.0. The molecule has 0 amide bonds. The first-order valence-corrected chi connectivity index (χ1v) is 6.66. The number of hydrogen-bond acceptors (Lipinski definition) is 4. The summed E-state index contributed by atoms with van der Waals surface area (Å²) < 4.78 is 24.7. The Kier molecular flexibility index (Phi) is 4.62. The van der Waals surface area contributed by atoms with Crippen LogP contribution >= 0.6 is 0 Å². The first-order valence-electron chi connectivity index (χ1n) is 5.22. The Balaban J connectivity index is 3.07. The van der Waals surface area contributed by atoms with Crippen LogP contribution in [0.1, 0.15) is 5.56 Å². The fraction of sp³-hybridized carbons (Fsp3) is 0.273. The van der Waals surface area contributed by atoms with Crippen molar-refractivity contribution in [2.45, 2.75) is 11.3 Å². The van der Waals surface area contributed by atoms with E-state index < -0.39 is 28.5 Å². The second-order valence-corrected chi connectivity index (χ2v) is 5.92. The molecule has 0 aromatic heterocycles. The Hall–Kier alpha value is -1.93. The summed E-state index contributed by atoms with van der Waals surface area (Å²) >= 11 is 0. The molecule has 1 rings (SSSR count). The summed E-state index contributed by atoms with van der Waals surface area (Å²) in [6, 6.07) is 5.42. The molecule has 0 radical (unpaired) electrons. The first-order chi connectivity index (χ1) is 8.73. The second-order valence-electron chi connectivity index (χ2n) is 3.87. The lowest BCUT2D eigenvalue weighted by molar-refractivity contribution is -0.137. The van der Waals surface area contributed by atoms with Gasteiger partial charge < -0.3 is 10.2 Å². The van der Waals surface area contributed by atoms with E-state index in [1.807, 2.05) is 0 Å². The molecular weight excluding hydrogens is 274 g/mol. The fourth-order valence-electron chi connectivity index (χ4n) is 1.45. The van der Waals surface area contributed by atoms with Crippen molar-refractivity contribution in [1.29, 1.82) is 0 Å². The number of sulfonamides is 1. The van der Waals surface area contributed by atoms with Gasteiger partial charge in [0.1, 0.15) is 6.54 Å². The third kappa shape index (κ3) is 4.04. The van der Waals surface area contributed by atoms with Gasteiger partial charge in [-0.2, -0.15) is 4.31 Å². The van der Waals surface area contributed by atoms with E-state index in [4.69, 9.17) is 10.2 Å². The molecule has 8 heteroatoms. The first kappa shape index (κ1) is 15.1. The molecule has 7 nitrogen and oxygen atoms in total. The quantitative estimate of drug-likeness (QED) is 0.762. The van der Waals surface area contributed by atoms with E-state index in [1.54, 1.807) is 0 Å². The van der Waals surface area contributed by atoms with Gasteiger partial charge in [-0.25, -0.2) is 8.42 Å². The molecule has 0 unspecified atom stereocenters. The van der Waals surface area contributed by atoms with Gasteiger partial charge in [-0.3, -0.25) is 9.59 Å². The topological polar surface area (TPSA) is 112 Å². The smallest absolute Gasteiger partial charge is 0.318 e. The van der Waals surface area contributed by atoms with E-state index in [9.17, 15) is 18.0 Å². The zero-order chi connectivity index (χ0) is 14.6. The Labute approximate surface area is 110 Å². The number of benzene rings is 1. The Bertz CT molecular complexity index is 595. The highest BCUT2D eigenvalue weighted by Crippen LogP contribution is 2.16. The predicted octanol–water partition coefficient (Wildman–Crippen LogP) is 0.0188. The maximum Gasteiger partial charge on any atom is 0.318 e. The molecule has 104 valence electrons. The summed E-state index contributed by atoms with van der Waals surface area (Å²) in [6.07, 6.45) is -0.300. The van der Waals surface area contributed by atoms with Crippen molar-refractivity contribution in [2.75, 3.05) is 13.6 Å². The summed E-state index contributed by atoms with van der Waals surface area (Å²) in [7, 11) is -2.79. The predicted molar refractivity (Wildman–Crippen MR) is 65.2 cm³/mol. The molecule has 0 heterocycles. The number of likely N-dealkylation sites (N-methyl/N-ethyl adjacent to an activating group) is 1. The minimum Gasteiger partial charge on any atom is -0.481 e. The van der Waals surface area contributed by atoms with Gasteiger partial charge >= 0.3 is 11.9 Å². The molecule has 1 aromatic carbocycles. The Morgan fingerprint density at radius 2 is 1.84 bits per heavy atom. The SMILES string of the molecule is CN(CC(=O)O)S(=O)(=O)c1cccc(CC(=O)O)c1. The molecule has 19 heavy (non-hydrogen) atoms. The zero-order valence-corrected chi connectivity index (χ0v) is 10.9. The molecule has 0 saturated carbocycles. The van der Waals surface area contributed by atoms with Crippen LogP contribution in [-0.2, 0) is 26.0 Å². The van der Waals surface area contributed by atoms with Crippen LogP contribution in [0.5, 0.6) is 0 Å². The van der Waals surface area contributed by atoms with Gasteiger partial charge in [-0.1, -0.05) is 12.1 Å². The number of rotatable bonds is 6. The molecule has 0 spiro atoms. The van der Waals surface area contributed by atoms with Crippen molar-refractivity contribution in [2.24, 2.45) is 0 Å². The van der Waals surface area contributed by atoms with E-state index in [-0.39, 0.29) is 11.3 Å². The van der Waals surface area contributed by atoms with E-state index in [1.165, 1.54) is 24.3 Å². The van der Waals surface area contributed by atoms with Gasteiger partial charge in [-0.05, 0) is 17.7 Å². The standard InChI is InChI=1S/C11H13NO6S/c1-12(7-11(15)16)19(17,18)9-4-2-3-8(5-9)6-10(13)14/h2-5H,6-7H2,1H3,(H,13,14)(H,15,16). The van der Waals surface area contributed by atoms with Crippen molar-refractivity contribution < 1.29 is 28.2 Å². The largest absolute Gasteiger partial charge is 0.481 e. The molecule has 0 aliphatic carbocycles. The third-order valence-electron chi connectivity index (χ3n) is 2.32. The van der Waals surface area contributed by atoms with E-state index in [0.29, 0.717) is 9.87 Å². The van der Waals surface area contributed by atoms with Crippen LogP contribution in [0.3, 0.4) is 0 Å². The average Bonchev–Trinajstić information content (AvgIpc) is 2.27. The molecule has 0 aliphatic rings. The number of hydrogen-bond donors (Lipinski definition) is 2. The van der Waals surface area contributed by atoms with Crippen molar-refractivity contribution in [3.05, 3.63) is 29.8 Å². The number of carboxylic acid groups (broad SMARTS) is 2. The highest BCUT2D eigenvalue weighted by Gasteiger charge is 2.23. The second kappa shape index (κ2) is 5.81. The van der Waals surface area contributed by atoms with Crippen molar-refractivity contribution in [3.63, 3.8) is 0 Å². The minimum absolute atomic E-state index is 0.130. The van der Waals surface area contributed by atoms with Crippen LogP contribution in [0.2, 0.25) is 0 Å². The number of nitrogens with zero attached hydrogens (tertiary/aromatic N) is 1. The van der Waals surface area contributed by atoms with Crippen LogP contribution < -0.4 is 0 Å². The Morgan fingerprint density at radius 1 is 1.21 bits per heavy atom. The van der Waals surface area contributed by atoms with Crippen LogP contribution in [0.4, 0.5) is 0 Å².